The zero-order valence-corrected chi connectivity index (χ0v) is 12.5. The number of fused-ring (bicyclic) bond motifs is 5. The highest BCUT2D eigenvalue weighted by Gasteiger charge is 2.64. The molecule has 19 heavy (non-hydrogen) atoms. The monoisotopic (exact) mass is 262 g/mol. The third-order valence-corrected chi connectivity index (χ3v) is 6.89. The first-order valence-electron chi connectivity index (χ1n) is 8.77. The Morgan fingerprint density at radius 2 is 1.79 bits per heavy atom. The molecule has 1 saturated heterocycles. The van der Waals surface area contributed by atoms with Crippen molar-refractivity contribution >= 4 is 0 Å². The number of nitrogens with one attached hydrogen (secondary N) is 2. The van der Waals surface area contributed by atoms with Gasteiger partial charge in [-0.05, 0) is 80.7 Å². The zero-order chi connectivity index (χ0) is 12.9. The van der Waals surface area contributed by atoms with Crippen molar-refractivity contribution in [3.8, 4) is 0 Å². The Labute approximate surface area is 118 Å². The topological polar surface area (TPSA) is 24.1 Å². The minimum atomic E-state index is 0.621. The molecule has 2 bridgehead atoms. The van der Waals surface area contributed by atoms with Crippen LogP contribution in [0.25, 0.3) is 0 Å². The molecule has 0 radical (unpaired) electrons. The van der Waals surface area contributed by atoms with Crippen molar-refractivity contribution < 1.29 is 0 Å². The summed E-state index contributed by atoms with van der Waals surface area (Å²) in [4.78, 5) is 0. The molecule has 2 N–H and O–H groups in total. The molecule has 0 amide bonds. The van der Waals surface area contributed by atoms with Crippen LogP contribution in [0.3, 0.4) is 0 Å². The number of hydrogen-bond donors (Lipinski definition) is 2. The van der Waals surface area contributed by atoms with Crippen molar-refractivity contribution in [3.63, 3.8) is 0 Å². The predicted molar refractivity (Wildman–Crippen MR) is 79.0 cm³/mol. The smallest absolute Gasteiger partial charge is 0.0136 e. The SMILES string of the molecule is CCCC1(CNC2C3C4CCC(C4)C23)CCNCC1. The van der Waals surface area contributed by atoms with Gasteiger partial charge in [-0.25, -0.2) is 0 Å². The van der Waals surface area contributed by atoms with Crippen LogP contribution in [0.2, 0.25) is 0 Å². The number of rotatable bonds is 5. The number of hydrogen-bond acceptors (Lipinski definition) is 2. The summed E-state index contributed by atoms with van der Waals surface area (Å²) in [5.41, 5.74) is 0.621. The van der Waals surface area contributed by atoms with Crippen LogP contribution >= 0.6 is 0 Å². The molecule has 2 nitrogen and oxygen atoms in total. The van der Waals surface area contributed by atoms with E-state index in [2.05, 4.69) is 17.6 Å². The summed E-state index contributed by atoms with van der Waals surface area (Å²) >= 11 is 0. The summed E-state index contributed by atoms with van der Waals surface area (Å²) in [5.74, 6) is 4.42. The van der Waals surface area contributed by atoms with Gasteiger partial charge in [-0.1, -0.05) is 13.3 Å². The summed E-state index contributed by atoms with van der Waals surface area (Å²) in [7, 11) is 0. The van der Waals surface area contributed by atoms with E-state index < -0.39 is 0 Å². The molecule has 1 heterocycles. The van der Waals surface area contributed by atoms with E-state index in [4.69, 9.17) is 0 Å². The van der Waals surface area contributed by atoms with Crippen LogP contribution in [0.1, 0.15) is 51.9 Å². The molecule has 4 aliphatic rings. The van der Waals surface area contributed by atoms with E-state index in [-0.39, 0.29) is 0 Å². The Hall–Kier alpha value is -0.0800. The van der Waals surface area contributed by atoms with Crippen LogP contribution in [0, 0.1) is 29.1 Å². The van der Waals surface area contributed by atoms with Crippen molar-refractivity contribution in [2.24, 2.45) is 29.1 Å². The molecular formula is C17H30N2. The van der Waals surface area contributed by atoms with Crippen LogP contribution in [0.5, 0.6) is 0 Å². The van der Waals surface area contributed by atoms with E-state index in [0.29, 0.717) is 5.41 Å². The number of piperidine rings is 1. The van der Waals surface area contributed by atoms with Crippen LogP contribution in [0.15, 0.2) is 0 Å². The fraction of sp³-hybridized carbons (Fsp3) is 1.00. The first-order chi connectivity index (χ1) is 9.33. The maximum Gasteiger partial charge on any atom is 0.0136 e. The molecule has 4 fully saturated rings. The van der Waals surface area contributed by atoms with Gasteiger partial charge in [0, 0.05) is 12.6 Å². The molecule has 1 aliphatic heterocycles. The second-order valence-corrected chi connectivity index (χ2v) is 7.89. The van der Waals surface area contributed by atoms with Gasteiger partial charge in [0.25, 0.3) is 0 Å². The fourth-order valence-corrected chi connectivity index (χ4v) is 5.94. The van der Waals surface area contributed by atoms with Crippen LogP contribution < -0.4 is 10.6 Å². The normalized spacial score (nSPS) is 46.3. The molecule has 0 spiro atoms. The van der Waals surface area contributed by atoms with Crippen LogP contribution in [-0.4, -0.2) is 25.7 Å². The molecule has 3 aliphatic carbocycles. The van der Waals surface area contributed by atoms with Gasteiger partial charge in [-0.3, -0.25) is 0 Å². The van der Waals surface area contributed by atoms with E-state index in [1.54, 1.807) is 19.3 Å². The lowest BCUT2D eigenvalue weighted by atomic mass is 9.75. The van der Waals surface area contributed by atoms with E-state index in [1.807, 2.05) is 0 Å². The molecule has 0 aromatic rings. The Balaban J connectivity index is 1.34. The average Bonchev–Trinajstić information content (AvgIpc) is 2.81. The standard InChI is InChI=1S/C17H30N2/c1-2-5-17(6-8-18-9-7-17)11-19-16-14-12-3-4-13(10-12)15(14)16/h12-16,18-19H,2-11H2,1H3. The lowest BCUT2D eigenvalue weighted by Gasteiger charge is -2.38. The maximum absolute atomic E-state index is 4.03. The quantitative estimate of drug-likeness (QED) is 0.796. The summed E-state index contributed by atoms with van der Waals surface area (Å²) in [6.45, 7) is 6.14. The predicted octanol–water partition coefficient (Wildman–Crippen LogP) is 2.79. The molecule has 4 atom stereocenters. The third kappa shape index (κ3) is 2.06. The molecule has 0 aromatic carbocycles. The summed E-state index contributed by atoms with van der Waals surface area (Å²) < 4.78 is 0. The Bertz CT molecular complexity index is 313. The lowest BCUT2D eigenvalue weighted by molar-refractivity contribution is 0.172. The molecule has 4 unspecified atom stereocenters. The van der Waals surface area contributed by atoms with Gasteiger partial charge in [-0.15, -0.1) is 0 Å². The van der Waals surface area contributed by atoms with Gasteiger partial charge in [0.05, 0.1) is 0 Å². The van der Waals surface area contributed by atoms with Crippen LogP contribution in [0.4, 0.5) is 0 Å². The van der Waals surface area contributed by atoms with Crippen molar-refractivity contribution in [2.45, 2.75) is 57.9 Å². The maximum atomic E-state index is 4.03. The fourth-order valence-electron chi connectivity index (χ4n) is 5.94. The van der Waals surface area contributed by atoms with E-state index >= 15 is 0 Å². The summed E-state index contributed by atoms with van der Waals surface area (Å²) in [6.07, 6.45) is 10.2. The van der Waals surface area contributed by atoms with Gasteiger partial charge < -0.3 is 10.6 Å². The van der Waals surface area contributed by atoms with E-state index in [9.17, 15) is 0 Å². The Kier molecular flexibility index (Phi) is 3.15. The molecular weight excluding hydrogens is 232 g/mol. The molecule has 108 valence electrons. The lowest BCUT2D eigenvalue weighted by Crippen LogP contribution is -2.44. The minimum absolute atomic E-state index is 0.621. The first-order valence-corrected chi connectivity index (χ1v) is 8.77. The molecule has 4 rings (SSSR count). The second-order valence-electron chi connectivity index (χ2n) is 7.89. The van der Waals surface area contributed by atoms with Gasteiger partial charge >= 0.3 is 0 Å². The molecule has 3 saturated carbocycles. The van der Waals surface area contributed by atoms with Crippen molar-refractivity contribution in [3.05, 3.63) is 0 Å². The third-order valence-electron chi connectivity index (χ3n) is 6.89. The molecule has 2 heteroatoms. The van der Waals surface area contributed by atoms with Gasteiger partial charge in [0.1, 0.15) is 0 Å². The van der Waals surface area contributed by atoms with Gasteiger partial charge in [0.2, 0.25) is 0 Å². The highest BCUT2D eigenvalue weighted by molar-refractivity contribution is 5.17. The van der Waals surface area contributed by atoms with E-state index in [0.717, 1.165) is 29.7 Å². The minimum Gasteiger partial charge on any atom is -0.317 e. The largest absolute Gasteiger partial charge is 0.317 e. The molecule has 0 aromatic heterocycles. The van der Waals surface area contributed by atoms with Gasteiger partial charge in [0.15, 0.2) is 0 Å². The summed E-state index contributed by atoms with van der Waals surface area (Å²) in [6, 6.07) is 0.926. The Morgan fingerprint density at radius 3 is 2.42 bits per heavy atom. The second kappa shape index (κ2) is 4.73. The highest BCUT2D eigenvalue weighted by Crippen LogP contribution is 2.65. The van der Waals surface area contributed by atoms with E-state index in [1.165, 1.54) is 45.3 Å². The average molecular weight is 262 g/mol. The Morgan fingerprint density at radius 1 is 1.11 bits per heavy atom. The first kappa shape index (κ1) is 12.6. The summed E-state index contributed by atoms with van der Waals surface area (Å²) in [5, 5.41) is 7.56. The zero-order valence-electron chi connectivity index (χ0n) is 12.5. The van der Waals surface area contributed by atoms with Crippen molar-refractivity contribution in [1.82, 2.24) is 10.6 Å². The van der Waals surface area contributed by atoms with Crippen molar-refractivity contribution in [2.75, 3.05) is 19.6 Å². The van der Waals surface area contributed by atoms with Crippen molar-refractivity contribution in [1.29, 1.82) is 0 Å². The highest BCUT2D eigenvalue weighted by atomic mass is 15.0. The van der Waals surface area contributed by atoms with Crippen LogP contribution in [-0.2, 0) is 0 Å². The van der Waals surface area contributed by atoms with Gasteiger partial charge in [-0.2, -0.15) is 0 Å².